The van der Waals surface area contributed by atoms with Crippen LogP contribution in [-0.4, -0.2) is 57.8 Å². The maximum Gasteiger partial charge on any atom is 0.222 e. The third-order valence-corrected chi connectivity index (χ3v) is 2.76. The summed E-state index contributed by atoms with van der Waals surface area (Å²) in [7, 11) is 3.71. The molecule has 0 saturated carbocycles. The molecule has 0 spiro atoms. The average Bonchev–Trinajstić information content (AvgIpc) is 2.33. The number of hydrogen-bond donors (Lipinski definition) is 2. The third kappa shape index (κ3) is 9.09. The summed E-state index contributed by atoms with van der Waals surface area (Å²) >= 11 is 0. The van der Waals surface area contributed by atoms with Gasteiger partial charge in [0, 0.05) is 32.7 Å². The second kappa shape index (κ2) is 10.5. The van der Waals surface area contributed by atoms with Crippen molar-refractivity contribution < 1.29 is 9.53 Å². The van der Waals surface area contributed by atoms with Gasteiger partial charge in [0.2, 0.25) is 5.91 Å². The van der Waals surface area contributed by atoms with E-state index in [-0.39, 0.29) is 11.8 Å². The quantitative estimate of drug-likeness (QED) is 0.571. The summed E-state index contributed by atoms with van der Waals surface area (Å²) in [6, 6.07) is 0. The Morgan fingerprint density at radius 2 is 2.18 bits per heavy atom. The zero-order chi connectivity index (χ0) is 13.1. The van der Waals surface area contributed by atoms with Crippen molar-refractivity contribution in [1.82, 2.24) is 10.2 Å². The van der Waals surface area contributed by atoms with Crippen molar-refractivity contribution in [1.29, 1.82) is 0 Å². The van der Waals surface area contributed by atoms with Gasteiger partial charge in [-0.1, -0.05) is 6.92 Å². The van der Waals surface area contributed by atoms with Gasteiger partial charge in [-0.2, -0.15) is 0 Å². The van der Waals surface area contributed by atoms with E-state index in [9.17, 15) is 4.79 Å². The Bertz CT molecular complexity index is 200. The zero-order valence-electron chi connectivity index (χ0n) is 11.4. The summed E-state index contributed by atoms with van der Waals surface area (Å²) in [5, 5.41) is 2.94. The smallest absolute Gasteiger partial charge is 0.222 e. The van der Waals surface area contributed by atoms with Crippen LogP contribution in [0.25, 0.3) is 0 Å². The van der Waals surface area contributed by atoms with Crippen LogP contribution in [0.15, 0.2) is 0 Å². The van der Waals surface area contributed by atoms with Crippen molar-refractivity contribution >= 4 is 5.91 Å². The van der Waals surface area contributed by atoms with Crippen LogP contribution in [0.2, 0.25) is 0 Å². The minimum absolute atomic E-state index is 0.0582. The van der Waals surface area contributed by atoms with Gasteiger partial charge in [-0.15, -0.1) is 0 Å². The lowest BCUT2D eigenvalue weighted by Gasteiger charge is -2.17. The Morgan fingerprint density at radius 3 is 2.76 bits per heavy atom. The van der Waals surface area contributed by atoms with Crippen LogP contribution in [0.5, 0.6) is 0 Å². The highest BCUT2D eigenvalue weighted by Crippen LogP contribution is 2.03. The van der Waals surface area contributed by atoms with Crippen molar-refractivity contribution in [3.05, 3.63) is 0 Å². The molecule has 0 fully saturated rings. The topological polar surface area (TPSA) is 67.6 Å². The van der Waals surface area contributed by atoms with Gasteiger partial charge in [0.05, 0.1) is 6.61 Å². The van der Waals surface area contributed by atoms with E-state index in [1.807, 2.05) is 14.0 Å². The SMILES string of the molecule is COCCN(C)CCNC(=O)C(C)CCCN. The summed E-state index contributed by atoms with van der Waals surface area (Å²) in [6.45, 7) is 5.73. The number of amides is 1. The maximum atomic E-state index is 11.6. The zero-order valence-corrected chi connectivity index (χ0v) is 11.4. The summed E-state index contributed by atoms with van der Waals surface area (Å²) in [5.41, 5.74) is 5.41. The second-order valence-electron chi connectivity index (χ2n) is 4.42. The molecule has 0 aromatic heterocycles. The van der Waals surface area contributed by atoms with E-state index < -0.39 is 0 Å². The van der Waals surface area contributed by atoms with Gasteiger partial charge in [-0.3, -0.25) is 4.79 Å². The number of carbonyl (C=O) groups excluding carboxylic acids is 1. The normalized spacial score (nSPS) is 12.8. The van der Waals surface area contributed by atoms with E-state index in [1.165, 1.54) is 0 Å². The molecule has 0 radical (unpaired) electrons. The molecule has 0 bridgehead atoms. The Kier molecular flexibility index (Phi) is 10.1. The van der Waals surface area contributed by atoms with Crippen molar-refractivity contribution in [3.63, 3.8) is 0 Å². The second-order valence-corrected chi connectivity index (χ2v) is 4.42. The van der Waals surface area contributed by atoms with Crippen molar-refractivity contribution in [2.75, 3.05) is 46.9 Å². The molecule has 5 heteroatoms. The fourth-order valence-electron chi connectivity index (χ4n) is 1.46. The number of carbonyl (C=O) groups is 1. The van der Waals surface area contributed by atoms with Crippen LogP contribution >= 0.6 is 0 Å². The molecule has 0 aliphatic carbocycles. The summed E-state index contributed by atoms with van der Waals surface area (Å²) < 4.78 is 4.98. The minimum Gasteiger partial charge on any atom is -0.383 e. The fourth-order valence-corrected chi connectivity index (χ4v) is 1.46. The number of rotatable bonds is 10. The van der Waals surface area contributed by atoms with Gasteiger partial charge in [0.25, 0.3) is 0 Å². The molecule has 1 atom stereocenters. The first-order valence-corrected chi connectivity index (χ1v) is 6.27. The Labute approximate surface area is 105 Å². The molecule has 3 N–H and O–H groups in total. The van der Waals surface area contributed by atoms with Crippen molar-refractivity contribution in [3.8, 4) is 0 Å². The van der Waals surface area contributed by atoms with Crippen LogP contribution in [-0.2, 0) is 9.53 Å². The molecule has 1 unspecified atom stereocenters. The number of nitrogens with zero attached hydrogens (tertiary/aromatic N) is 1. The molecule has 0 aromatic rings. The highest BCUT2D eigenvalue weighted by atomic mass is 16.5. The van der Waals surface area contributed by atoms with E-state index in [2.05, 4.69) is 10.2 Å². The molecule has 0 aliphatic heterocycles. The predicted molar refractivity (Wildman–Crippen MR) is 69.8 cm³/mol. The van der Waals surface area contributed by atoms with E-state index in [0.717, 1.165) is 32.5 Å². The fraction of sp³-hybridized carbons (Fsp3) is 0.917. The lowest BCUT2D eigenvalue weighted by atomic mass is 10.1. The molecular formula is C12H27N3O2. The summed E-state index contributed by atoms with van der Waals surface area (Å²) in [6.07, 6.45) is 1.77. The average molecular weight is 245 g/mol. The van der Waals surface area contributed by atoms with Crippen molar-refractivity contribution in [2.45, 2.75) is 19.8 Å². The van der Waals surface area contributed by atoms with E-state index in [1.54, 1.807) is 7.11 Å². The molecule has 0 rings (SSSR count). The molecule has 0 heterocycles. The van der Waals surface area contributed by atoms with Crippen LogP contribution in [0, 0.1) is 5.92 Å². The molecule has 5 nitrogen and oxygen atoms in total. The van der Waals surface area contributed by atoms with E-state index in [4.69, 9.17) is 10.5 Å². The first kappa shape index (κ1) is 16.4. The molecule has 0 aromatic carbocycles. The van der Waals surface area contributed by atoms with Crippen LogP contribution in [0.1, 0.15) is 19.8 Å². The largest absolute Gasteiger partial charge is 0.383 e. The number of methoxy groups -OCH3 is 1. The molecule has 1 amide bonds. The molecule has 102 valence electrons. The summed E-state index contributed by atoms with van der Waals surface area (Å²) in [5.74, 6) is 0.182. The Hall–Kier alpha value is -0.650. The highest BCUT2D eigenvalue weighted by molar-refractivity contribution is 5.78. The molecule has 17 heavy (non-hydrogen) atoms. The number of ether oxygens (including phenoxy) is 1. The van der Waals surface area contributed by atoms with E-state index >= 15 is 0 Å². The highest BCUT2D eigenvalue weighted by Gasteiger charge is 2.11. The van der Waals surface area contributed by atoms with Gasteiger partial charge in [-0.25, -0.2) is 0 Å². The number of hydrogen-bond acceptors (Lipinski definition) is 4. The lowest BCUT2D eigenvalue weighted by molar-refractivity contribution is -0.124. The Morgan fingerprint density at radius 1 is 1.47 bits per heavy atom. The van der Waals surface area contributed by atoms with Crippen LogP contribution < -0.4 is 11.1 Å². The van der Waals surface area contributed by atoms with Gasteiger partial charge in [-0.05, 0) is 26.4 Å². The standard InChI is InChI=1S/C12H27N3O2/c1-11(5-4-6-13)12(16)14-7-8-15(2)9-10-17-3/h11H,4-10,13H2,1-3H3,(H,14,16). The summed E-state index contributed by atoms with van der Waals surface area (Å²) in [4.78, 5) is 13.8. The third-order valence-electron chi connectivity index (χ3n) is 2.76. The molecular weight excluding hydrogens is 218 g/mol. The number of nitrogens with one attached hydrogen (secondary N) is 1. The maximum absolute atomic E-state index is 11.6. The number of nitrogens with two attached hydrogens (primary N) is 1. The predicted octanol–water partition coefficient (Wildman–Crippen LogP) is 0.0558. The lowest BCUT2D eigenvalue weighted by Crippen LogP contribution is -2.36. The molecule has 0 aliphatic rings. The number of likely N-dealkylation sites (N-methyl/N-ethyl adjacent to an activating group) is 1. The van der Waals surface area contributed by atoms with Gasteiger partial charge < -0.3 is 20.7 Å². The monoisotopic (exact) mass is 245 g/mol. The van der Waals surface area contributed by atoms with Gasteiger partial charge in [0.15, 0.2) is 0 Å². The van der Waals surface area contributed by atoms with Crippen molar-refractivity contribution in [2.24, 2.45) is 11.7 Å². The van der Waals surface area contributed by atoms with Gasteiger partial charge >= 0.3 is 0 Å². The van der Waals surface area contributed by atoms with Crippen LogP contribution in [0.3, 0.4) is 0 Å². The first-order chi connectivity index (χ1) is 8.11. The van der Waals surface area contributed by atoms with Gasteiger partial charge in [0.1, 0.15) is 0 Å². The first-order valence-electron chi connectivity index (χ1n) is 6.27. The van der Waals surface area contributed by atoms with Crippen LogP contribution in [0.4, 0.5) is 0 Å². The van der Waals surface area contributed by atoms with E-state index in [0.29, 0.717) is 13.1 Å². The minimum atomic E-state index is 0.0582. The Balaban J connectivity index is 3.55. The molecule has 0 saturated heterocycles.